The van der Waals surface area contributed by atoms with E-state index >= 15 is 0 Å². The molecule has 5 aliphatic rings. The summed E-state index contributed by atoms with van der Waals surface area (Å²) in [5, 5.41) is 0. The molecule has 1 aromatic carbocycles. The largest absolute Gasteiger partial charge is 0.464 e. The number of benzene rings is 1. The SMILES string of the molecule is CC(C)(C)CC(c1ccc(OC(OC2CCCC2)C23CC4CC(CC(C4)C2)C3)cc1)C(C)(C)C. The van der Waals surface area contributed by atoms with Crippen LogP contribution in [-0.4, -0.2) is 12.4 Å². The fraction of sp³-hybridized carbons (Fsp3) is 0.812. The van der Waals surface area contributed by atoms with E-state index in [1.165, 1.54) is 76.2 Å². The third-order valence-corrected chi connectivity index (χ3v) is 9.59. The molecule has 0 spiro atoms. The summed E-state index contributed by atoms with van der Waals surface area (Å²) >= 11 is 0. The summed E-state index contributed by atoms with van der Waals surface area (Å²) in [6.07, 6.45) is 14.9. The van der Waals surface area contributed by atoms with Crippen LogP contribution in [0.2, 0.25) is 0 Å². The van der Waals surface area contributed by atoms with E-state index in [2.05, 4.69) is 65.8 Å². The topological polar surface area (TPSA) is 18.5 Å². The third-order valence-electron chi connectivity index (χ3n) is 9.59. The van der Waals surface area contributed by atoms with Crippen molar-refractivity contribution >= 4 is 0 Å². The van der Waals surface area contributed by atoms with Gasteiger partial charge in [-0.25, -0.2) is 0 Å². The Morgan fingerprint density at radius 1 is 0.824 bits per heavy atom. The van der Waals surface area contributed by atoms with Crippen molar-refractivity contribution < 1.29 is 9.47 Å². The molecule has 190 valence electrons. The van der Waals surface area contributed by atoms with E-state index in [-0.39, 0.29) is 17.1 Å². The van der Waals surface area contributed by atoms with Crippen molar-refractivity contribution in [1.29, 1.82) is 0 Å². The van der Waals surface area contributed by atoms with Gasteiger partial charge in [-0.15, -0.1) is 0 Å². The zero-order chi connectivity index (χ0) is 24.1. The van der Waals surface area contributed by atoms with Crippen molar-refractivity contribution in [1.82, 2.24) is 0 Å². The van der Waals surface area contributed by atoms with E-state index in [0.29, 0.717) is 17.4 Å². The minimum absolute atomic E-state index is 0.0668. The highest BCUT2D eigenvalue weighted by Crippen LogP contribution is 2.62. The Hall–Kier alpha value is -1.02. The Morgan fingerprint density at radius 3 is 1.82 bits per heavy atom. The Kier molecular flexibility index (Phi) is 6.62. The lowest BCUT2D eigenvalue weighted by Crippen LogP contribution is -2.54. The van der Waals surface area contributed by atoms with Crippen molar-refractivity contribution in [3.63, 3.8) is 0 Å². The zero-order valence-corrected chi connectivity index (χ0v) is 22.9. The van der Waals surface area contributed by atoms with Crippen molar-refractivity contribution in [3.05, 3.63) is 29.8 Å². The van der Waals surface area contributed by atoms with Gasteiger partial charge in [0.15, 0.2) is 0 Å². The molecule has 5 saturated carbocycles. The first kappa shape index (κ1) is 24.7. The highest BCUT2D eigenvalue weighted by atomic mass is 16.7. The van der Waals surface area contributed by atoms with Gasteiger partial charge in [0.05, 0.1) is 6.10 Å². The van der Waals surface area contributed by atoms with Gasteiger partial charge in [-0.2, -0.15) is 0 Å². The molecule has 0 saturated heterocycles. The number of ether oxygens (including phenoxy) is 2. The van der Waals surface area contributed by atoms with E-state index < -0.39 is 0 Å². The standard InChI is InChI=1S/C32H50O2/c1-30(2,3)21-28(31(4,5)6)25-11-13-27(14-12-25)34-29(33-26-9-7-8-10-26)32-18-22-15-23(19-32)17-24(16-22)20-32/h11-14,22-24,26,28-29H,7-10,15-21H2,1-6H3. The van der Waals surface area contributed by atoms with Crippen molar-refractivity contribution in [3.8, 4) is 5.75 Å². The normalized spacial score (nSPS) is 33.3. The predicted molar refractivity (Wildman–Crippen MR) is 141 cm³/mol. The molecule has 5 aliphatic carbocycles. The van der Waals surface area contributed by atoms with Crippen LogP contribution >= 0.6 is 0 Å². The van der Waals surface area contributed by atoms with Gasteiger partial charge in [0.25, 0.3) is 0 Å². The van der Waals surface area contributed by atoms with E-state index in [0.717, 1.165) is 23.5 Å². The third kappa shape index (κ3) is 5.37. The molecule has 6 rings (SSSR count). The summed E-state index contributed by atoms with van der Waals surface area (Å²) in [5.41, 5.74) is 2.24. The molecule has 0 amide bonds. The van der Waals surface area contributed by atoms with Crippen molar-refractivity contribution in [2.75, 3.05) is 0 Å². The van der Waals surface area contributed by atoms with Crippen LogP contribution in [0.25, 0.3) is 0 Å². The minimum Gasteiger partial charge on any atom is -0.464 e. The first-order chi connectivity index (χ1) is 16.0. The summed E-state index contributed by atoms with van der Waals surface area (Å²) in [7, 11) is 0. The second-order valence-electron chi connectivity index (χ2n) is 15.0. The minimum atomic E-state index is -0.0668. The molecule has 1 aromatic rings. The summed E-state index contributed by atoms with van der Waals surface area (Å²) in [5.74, 6) is 4.28. The van der Waals surface area contributed by atoms with E-state index in [9.17, 15) is 0 Å². The maximum absolute atomic E-state index is 6.88. The van der Waals surface area contributed by atoms with Crippen LogP contribution in [0.1, 0.15) is 124 Å². The first-order valence-corrected chi connectivity index (χ1v) is 14.4. The summed E-state index contributed by atoms with van der Waals surface area (Å²) in [6, 6.07) is 9.15. The molecule has 4 bridgehead atoms. The van der Waals surface area contributed by atoms with Crippen LogP contribution < -0.4 is 4.74 Å². The van der Waals surface area contributed by atoms with Crippen LogP contribution in [0.15, 0.2) is 24.3 Å². The second-order valence-corrected chi connectivity index (χ2v) is 15.0. The Bertz CT molecular complexity index is 783. The molecule has 0 heterocycles. The van der Waals surface area contributed by atoms with Crippen molar-refractivity contribution in [2.45, 2.75) is 130 Å². The second kappa shape index (κ2) is 9.13. The van der Waals surface area contributed by atoms with E-state index in [4.69, 9.17) is 9.47 Å². The van der Waals surface area contributed by atoms with E-state index in [1.54, 1.807) is 0 Å². The van der Waals surface area contributed by atoms with Crippen LogP contribution in [0.5, 0.6) is 5.75 Å². The number of hydrogen-bond donors (Lipinski definition) is 0. The molecule has 5 fully saturated rings. The van der Waals surface area contributed by atoms with Crippen LogP contribution in [0, 0.1) is 34.0 Å². The summed E-state index contributed by atoms with van der Waals surface area (Å²) in [6.45, 7) is 14.2. The molecule has 0 radical (unpaired) electrons. The molecule has 0 aliphatic heterocycles. The first-order valence-electron chi connectivity index (χ1n) is 14.4. The highest BCUT2D eigenvalue weighted by Gasteiger charge is 2.56. The molecule has 2 atom stereocenters. The van der Waals surface area contributed by atoms with Gasteiger partial charge >= 0.3 is 0 Å². The Labute approximate surface area is 209 Å². The summed E-state index contributed by atoms with van der Waals surface area (Å²) < 4.78 is 13.7. The van der Waals surface area contributed by atoms with Crippen LogP contribution in [-0.2, 0) is 4.74 Å². The van der Waals surface area contributed by atoms with Gasteiger partial charge in [-0.3, -0.25) is 0 Å². The van der Waals surface area contributed by atoms with Crippen LogP contribution in [0.3, 0.4) is 0 Å². The molecular formula is C32H50O2. The van der Waals surface area contributed by atoms with Crippen LogP contribution in [0.4, 0.5) is 0 Å². The molecule has 2 heteroatoms. The number of hydrogen-bond acceptors (Lipinski definition) is 2. The molecular weight excluding hydrogens is 416 g/mol. The molecule has 0 aromatic heterocycles. The van der Waals surface area contributed by atoms with Crippen molar-refractivity contribution in [2.24, 2.45) is 34.0 Å². The van der Waals surface area contributed by atoms with Gasteiger partial charge in [0.1, 0.15) is 5.75 Å². The van der Waals surface area contributed by atoms with E-state index in [1.807, 2.05) is 0 Å². The lowest BCUT2D eigenvalue weighted by atomic mass is 9.49. The van der Waals surface area contributed by atoms with Gasteiger partial charge in [-0.05, 0) is 110 Å². The maximum Gasteiger partial charge on any atom is 0.205 e. The lowest BCUT2D eigenvalue weighted by Gasteiger charge is -2.58. The molecule has 0 N–H and O–H groups in total. The Balaban J connectivity index is 1.36. The summed E-state index contributed by atoms with van der Waals surface area (Å²) in [4.78, 5) is 0. The molecule has 2 nitrogen and oxygen atoms in total. The van der Waals surface area contributed by atoms with Gasteiger partial charge in [-0.1, -0.05) is 66.5 Å². The Morgan fingerprint density at radius 2 is 1.35 bits per heavy atom. The van der Waals surface area contributed by atoms with Gasteiger partial charge in [0, 0.05) is 5.41 Å². The molecule has 34 heavy (non-hydrogen) atoms. The smallest absolute Gasteiger partial charge is 0.205 e. The quantitative estimate of drug-likeness (QED) is 0.373. The van der Waals surface area contributed by atoms with Gasteiger partial charge in [0.2, 0.25) is 6.29 Å². The monoisotopic (exact) mass is 466 g/mol. The number of rotatable bonds is 7. The predicted octanol–water partition coefficient (Wildman–Crippen LogP) is 9.13. The fourth-order valence-electron chi connectivity index (χ4n) is 8.40. The average molecular weight is 467 g/mol. The highest BCUT2D eigenvalue weighted by molar-refractivity contribution is 5.31. The molecule has 2 unspecified atom stereocenters. The van der Waals surface area contributed by atoms with Gasteiger partial charge < -0.3 is 9.47 Å². The maximum atomic E-state index is 6.88. The average Bonchev–Trinajstić information content (AvgIpc) is 3.23. The zero-order valence-electron chi connectivity index (χ0n) is 22.9. The fourth-order valence-corrected chi connectivity index (χ4v) is 8.40. The lowest BCUT2D eigenvalue weighted by molar-refractivity contribution is -0.231.